The maximum absolute atomic E-state index is 12.4. The van der Waals surface area contributed by atoms with Gasteiger partial charge in [0.05, 0.1) is 11.5 Å². The molecule has 2 fully saturated rings. The van der Waals surface area contributed by atoms with Gasteiger partial charge in [0, 0.05) is 0 Å². The van der Waals surface area contributed by atoms with Crippen LogP contribution in [0.1, 0.15) is 19.4 Å². The van der Waals surface area contributed by atoms with Crippen LogP contribution in [0.25, 0.3) is 0 Å². The minimum atomic E-state index is -4.05. The van der Waals surface area contributed by atoms with Gasteiger partial charge in [0.15, 0.2) is 5.79 Å². The van der Waals surface area contributed by atoms with Crippen LogP contribution >= 0.6 is 0 Å². The minimum absolute atomic E-state index is 0.000572. The van der Waals surface area contributed by atoms with Gasteiger partial charge in [0.25, 0.3) is 10.1 Å². The minimum Gasteiger partial charge on any atom is -0.388 e. The van der Waals surface area contributed by atoms with Gasteiger partial charge >= 0.3 is 0 Å². The van der Waals surface area contributed by atoms with E-state index >= 15 is 0 Å². The van der Waals surface area contributed by atoms with E-state index in [1.54, 1.807) is 26.0 Å². The van der Waals surface area contributed by atoms with Crippen LogP contribution in [0.3, 0.4) is 0 Å². The fourth-order valence-electron chi connectivity index (χ4n) is 2.95. The molecule has 140 valence electrons. The summed E-state index contributed by atoms with van der Waals surface area (Å²) >= 11 is 0. The van der Waals surface area contributed by atoms with Crippen molar-refractivity contribution < 1.29 is 37.0 Å². The number of hydrogen-bond acceptors (Lipinski definition) is 8. The molecule has 1 aromatic rings. The molecule has 2 saturated heterocycles. The zero-order chi connectivity index (χ0) is 18.5. The summed E-state index contributed by atoms with van der Waals surface area (Å²) in [6.07, 6.45) is -3.54. The molecule has 2 heterocycles. The van der Waals surface area contributed by atoms with Crippen molar-refractivity contribution in [2.45, 2.75) is 55.6 Å². The highest BCUT2D eigenvalue weighted by Crippen LogP contribution is 2.42. The smallest absolute Gasteiger partial charge is 0.297 e. The van der Waals surface area contributed by atoms with Crippen LogP contribution in [-0.2, 0) is 28.5 Å². The summed E-state index contributed by atoms with van der Waals surface area (Å²) in [6.45, 7) is 4.30. The Labute approximate surface area is 146 Å². The molecule has 9 heteroatoms. The van der Waals surface area contributed by atoms with Gasteiger partial charge in [-0.2, -0.15) is 8.42 Å². The van der Waals surface area contributed by atoms with E-state index in [-0.39, 0.29) is 11.5 Å². The molecule has 2 N–H and O–H groups in total. The van der Waals surface area contributed by atoms with E-state index in [1.165, 1.54) is 12.1 Å². The molecule has 8 nitrogen and oxygen atoms in total. The molecule has 0 aliphatic carbocycles. The SMILES string of the molecule is Cc1ccc(S(=O)(=O)OC[C@@]23OC[C@@H](O)[C@@H](O)[C@@H]2OC(C)(C)O3)cc1. The van der Waals surface area contributed by atoms with Gasteiger partial charge in [-0.25, -0.2) is 0 Å². The van der Waals surface area contributed by atoms with E-state index in [4.69, 9.17) is 18.4 Å². The Bertz CT molecular complexity index is 729. The van der Waals surface area contributed by atoms with Crippen molar-refractivity contribution in [1.82, 2.24) is 0 Å². The van der Waals surface area contributed by atoms with Crippen LogP contribution in [0, 0.1) is 6.92 Å². The number of aryl methyl sites for hydroxylation is 1. The third-order valence-corrected chi connectivity index (χ3v) is 5.47. The first kappa shape index (κ1) is 18.7. The predicted octanol–water partition coefficient (Wildman–Crippen LogP) is 0.300. The Balaban J connectivity index is 1.81. The summed E-state index contributed by atoms with van der Waals surface area (Å²) in [5.41, 5.74) is 0.916. The maximum Gasteiger partial charge on any atom is 0.297 e. The molecule has 0 amide bonds. The molecule has 4 atom stereocenters. The second kappa shape index (κ2) is 6.27. The highest BCUT2D eigenvalue weighted by molar-refractivity contribution is 7.86. The van der Waals surface area contributed by atoms with E-state index in [9.17, 15) is 18.6 Å². The van der Waals surface area contributed by atoms with Crippen molar-refractivity contribution in [1.29, 1.82) is 0 Å². The van der Waals surface area contributed by atoms with Gasteiger partial charge < -0.3 is 24.4 Å². The summed E-state index contributed by atoms with van der Waals surface area (Å²) in [4.78, 5) is 0.000572. The molecule has 1 aromatic carbocycles. The van der Waals surface area contributed by atoms with Crippen molar-refractivity contribution in [3.8, 4) is 0 Å². The molecule has 0 saturated carbocycles. The molecule has 2 aliphatic rings. The van der Waals surface area contributed by atoms with E-state index in [0.717, 1.165) is 5.56 Å². The van der Waals surface area contributed by atoms with Crippen LogP contribution in [0.4, 0.5) is 0 Å². The highest BCUT2D eigenvalue weighted by atomic mass is 32.2. The molecular weight excluding hydrogens is 352 g/mol. The number of hydrogen-bond donors (Lipinski definition) is 2. The standard InChI is InChI=1S/C16H22O8S/c1-10-4-6-11(7-5-10)25(19,20)22-9-16-14(23-15(2,3)24-16)13(18)12(17)8-21-16/h4-7,12-14,17-18H,8-9H2,1-3H3/t12-,13-,14+,16+/m1/s1. The fraction of sp³-hybridized carbons (Fsp3) is 0.625. The quantitative estimate of drug-likeness (QED) is 0.724. The Morgan fingerprint density at radius 3 is 2.52 bits per heavy atom. The van der Waals surface area contributed by atoms with E-state index in [2.05, 4.69) is 0 Å². The Morgan fingerprint density at radius 2 is 1.88 bits per heavy atom. The molecular formula is C16H22O8S. The van der Waals surface area contributed by atoms with Gasteiger partial charge in [-0.15, -0.1) is 0 Å². The third-order valence-electron chi connectivity index (χ3n) is 4.19. The van der Waals surface area contributed by atoms with Crippen molar-refractivity contribution in [2.24, 2.45) is 0 Å². The Morgan fingerprint density at radius 1 is 1.24 bits per heavy atom. The van der Waals surface area contributed by atoms with E-state index in [1.807, 2.05) is 6.92 Å². The summed E-state index contributed by atoms with van der Waals surface area (Å²) in [5.74, 6) is -2.76. The normalized spacial score (nSPS) is 34.7. The van der Waals surface area contributed by atoms with Crippen molar-refractivity contribution in [2.75, 3.05) is 13.2 Å². The maximum atomic E-state index is 12.4. The molecule has 0 unspecified atom stereocenters. The average Bonchev–Trinajstić information content (AvgIpc) is 2.82. The number of rotatable bonds is 4. The van der Waals surface area contributed by atoms with Gasteiger partial charge in [0.1, 0.15) is 24.9 Å². The zero-order valence-corrected chi connectivity index (χ0v) is 15.0. The van der Waals surface area contributed by atoms with Gasteiger partial charge in [0.2, 0.25) is 5.79 Å². The molecule has 25 heavy (non-hydrogen) atoms. The molecule has 2 aliphatic heterocycles. The van der Waals surface area contributed by atoms with Gasteiger partial charge in [-0.05, 0) is 32.9 Å². The Kier molecular flexibility index (Phi) is 4.70. The van der Waals surface area contributed by atoms with E-state index < -0.39 is 46.6 Å². The first-order chi connectivity index (χ1) is 11.5. The molecule has 0 aromatic heterocycles. The van der Waals surface area contributed by atoms with Gasteiger partial charge in [-0.1, -0.05) is 17.7 Å². The zero-order valence-electron chi connectivity index (χ0n) is 14.2. The molecule has 3 rings (SSSR count). The first-order valence-corrected chi connectivity index (χ1v) is 9.30. The predicted molar refractivity (Wildman–Crippen MR) is 85.1 cm³/mol. The lowest BCUT2D eigenvalue weighted by molar-refractivity contribution is -0.301. The lowest BCUT2D eigenvalue weighted by Gasteiger charge is -2.40. The van der Waals surface area contributed by atoms with Crippen LogP contribution in [-0.4, -0.2) is 61.7 Å². The van der Waals surface area contributed by atoms with Crippen LogP contribution in [0.2, 0.25) is 0 Å². The lowest BCUT2D eigenvalue weighted by Crippen LogP contribution is -2.61. The number of fused-ring (bicyclic) bond motifs is 1. The molecule has 0 radical (unpaired) electrons. The fourth-order valence-corrected chi connectivity index (χ4v) is 3.87. The molecule has 0 bridgehead atoms. The topological polar surface area (TPSA) is 112 Å². The second-order valence-electron chi connectivity index (χ2n) is 6.75. The summed E-state index contributed by atoms with van der Waals surface area (Å²) in [6, 6.07) is 6.20. The number of benzene rings is 1. The van der Waals surface area contributed by atoms with E-state index in [0.29, 0.717) is 0 Å². The largest absolute Gasteiger partial charge is 0.388 e. The Hall–Kier alpha value is -1.07. The number of ether oxygens (including phenoxy) is 3. The highest BCUT2D eigenvalue weighted by Gasteiger charge is 2.61. The van der Waals surface area contributed by atoms with Gasteiger partial charge in [-0.3, -0.25) is 4.18 Å². The summed E-state index contributed by atoms with van der Waals surface area (Å²) < 4.78 is 46.7. The lowest BCUT2D eigenvalue weighted by atomic mass is 9.98. The summed E-state index contributed by atoms with van der Waals surface area (Å²) in [7, 11) is -4.05. The van der Waals surface area contributed by atoms with Crippen molar-refractivity contribution in [3.05, 3.63) is 29.8 Å². The monoisotopic (exact) mass is 374 g/mol. The first-order valence-electron chi connectivity index (χ1n) is 7.89. The average molecular weight is 374 g/mol. The van der Waals surface area contributed by atoms with Crippen LogP contribution < -0.4 is 0 Å². The van der Waals surface area contributed by atoms with Crippen molar-refractivity contribution >= 4 is 10.1 Å². The van der Waals surface area contributed by atoms with Crippen LogP contribution in [0.15, 0.2) is 29.2 Å². The number of aliphatic hydroxyl groups excluding tert-OH is 2. The summed E-state index contributed by atoms with van der Waals surface area (Å²) in [5, 5.41) is 20.0. The van der Waals surface area contributed by atoms with Crippen molar-refractivity contribution in [3.63, 3.8) is 0 Å². The molecule has 0 spiro atoms. The van der Waals surface area contributed by atoms with Crippen LogP contribution in [0.5, 0.6) is 0 Å². The number of aliphatic hydroxyl groups is 2. The second-order valence-corrected chi connectivity index (χ2v) is 8.37. The third kappa shape index (κ3) is 3.59.